The van der Waals surface area contributed by atoms with Gasteiger partial charge in [0.05, 0.1) is 12.8 Å². The van der Waals surface area contributed by atoms with Crippen LogP contribution in [0.1, 0.15) is 50.7 Å². The van der Waals surface area contributed by atoms with Crippen molar-refractivity contribution in [2.24, 2.45) is 5.84 Å². The number of carbonyl (C=O) groups is 8. The monoisotopic (exact) mass is 670 g/mol. The molecule has 0 bridgehead atoms. The molecule has 48 heavy (non-hydrogen) atoms. The first kappa shape index (κ1) is 36.6. The van der Waals surface area contributed by atoms with Gasteiger partial charge in [-0.2, -0.15) is 5.01 Å². The summed E-state index contributed by atoms with van der Waals surface area (Å²) in [6.45, 7) is 2.67. The number of hydrogen-bond acceptors (Lipinski definition) is 14. The molecule has 6 amide bonds. The van der Waals surface area contributed by atoms with E-state index in [0.717, 1.165) is 0 Å². The van der Waals surface area contributed by atoms with E-state index < -0.39 is 65.6 Å². The minimum Gasteiger partial charge on any atom is -0.443 e. The lowest BCUT2D eigenvalue weighted by Gasteiger charge is -2.35. The maximum absolute atomic E-state index is 13.0. The predicted octanol–water partition coefficient (Wildman–Crippen LogP) is 0.308. The second kappa shape index (κ2) is 16.6. The lowest BCUT2D eigenvalue weighted by atomic mass is 10.1. The zero-order valence-corrected chi connectivity index (χ0v) is 25.9. The number of esters is 2. The molecule has 256 valence electrons. The molecule has 0 aliphatic carbocycles. The fourth-order valence-electron chi connectivity index (χ4n) is 4.12. The topological polar surface area (TPSA) is 251 Å². The lowest BCUT2D eigenvalue weighted by Crippen LogP contribution is -2.65. The number of amides is 6. The van der Waals surface area contributed by atoms with Crippen LogP contribution in [0.15, 0.2) is 60.7 Å². The fraction of sp³-hybridized carbons (Fsp3) is 0.333. The maximum atomic E-state index is 13.0. The average Bonchev–Trinajstić information content (AvgIpc) is 3.53. The van der Waals surface area contributed by atoms with E-state index in [2.05, 4.69) is 5.43 Å². The van der Waals surface area contributed by atoms with E-state index in [1.54, 1.807) is 67.6 Å². The molecule has 2 saturated heterocycles. The molecular formula is C30H34N6O12. The number of imide groups is 2. The molecule has 0 radical (unpaired) electrons. The zero-order chi connectivity index (χ0) is 35.3. The Hall–Kier alpha value is -5.88. The van der Waals surface area contributed by atoms with E-state index >= 15 is 0 Å². The predicted molar refractivity (Wildman–Crippen MR) is 159 cm³/mol. The van der Waals surface area contributed by atoms with Crippen LogP contribution in [0.25, 0.3) is 0 Å². The highest BCUT2D eigenvalue weighted by Crippen LogP contribution is 2.28. The molecule has 2 atom stereocenters. The van der Waals surface area contributed by atoms with Crippen molar-refractivity contribution in [2.45, 2.75) is 64.2 Å². The molecule has 2 aromatic carbocycles. The Labute approximate surface area is 273 Å². The van der Waals surface area contributed by atoms with Gasteiger partial charge in [-0.15, -0.1) is 0 Å². The number of hydrogen-bond donors (Lipinski definition) is 5. The zero-order valence-electron chi connectivity index (χ0n) is 25.9. The van der Waals surface area contributed by atoms with E-state index in [4.69, 9.17) is 24.8 Å². The third-order valence-electron chi connectivity index (χ3n) is 6.58. The second-order valence-corrected chi connectivity index (χ2v) is 10.1. The van der Waals surface area contributed by atoms with Crippen molar-refractivity contribution in [1.82, 2.24) is 26.5 Å². The van der Waals surface area contributed by atoms with Crippen molar-refractivity contribution >= 4 is 47.8 Å². The van der Waals surface area contributed by atoms with Gasteiger partial charge in [-0.05, 0) is 11.1 Å². The van der Waals surface area contributed by atoms with Crippen molar-refractivity contribution in [1.29, 1.82) is 0 Å². The van der Waals surface area contributed by atoms with Gasteiger partial charge >= 0.3 is 24.1 Å². The Balaban J connectivity index is 0.000000373. The first-order chi connectivity index (χ1) is 22.9. The van der Waals surface area contributed by atoms with Crippen LogP contribution in [0, 0.1) is 0 Å². The quantitative estimate of drug-likeness (QED) is 0.0570. The molecule has 2 heterocycles. The van der Waals surface area contributed by atoms with Gasteiger partial charge in [0.15, 0.2) is 0 Å². The Bertz CT molecular complexity index is 1540. The van der Waals surface area contributed by atoms with Gasteiger partial charge in [-0.3, -0.25) is 45.2 Å². The average molecular weight is 671 g/mol. The van der Waals surface area contributed by atoms with Crippen molar-refractivity contribution in [2.75, 3.05) is 0 Å². The summed E-state index contributed by atoms with van der Waals surface area (Å²) in [6.07, 6.45) is -3.47. The minimum atomic E-state index is -2.48. The lowest BCUT2D eigenvalue weighted by molar-refractivity contribution is -0.189. The van der Waals surface area contributed by atoms with Gasteiger partial charge in [0.1, 0.15) is 13.2 Å². The van der Waals surface area contributed by atoms with Gasteiger partial charge in [-0.1, -0.05) is 74.5 Å². The van der Waals surface area contributed by atoms with Gasteiger partial charge in [0.2, 0.25) is 11.8 Å². The Morgan fingerprint density at radius 3 is 1.71 bits per heavy atom. The van der Waals surface area contributed by atoms with E-state index in [9.17, 15) is 38.4 Å². The number of ether oxygens (including phenoxy) is 4. The molecule has 6 N–H and O–H groups in total. The first-order valence-corrected chi connectivity index (χ1v) is 14.5. The number of nitrogens with zero attached hydrogens (tertiary/aromatic N) is 1. The summed E-state index contributed by atoms with van der Waals surface area (Å²) in [4.78, 5) is 95.4. The highest BCUT2D eigenvalue weighted by molar-refractivity contribution is 6.09. The SMILES string of the molecule is CCC(=O)OC1(N(NC(=O)OCc2ccccc2)C(=O)OCc2ccccc2)CC(=O)NC1=O.CCC(=O)OC1(NN)CC(=O)NC1=O. The van der Waals surface area contributed by atoms with Crippen LogP contribution in [0.3, 0.4) is 0 Å². The number of rotatable bonds is 10. The highest BCUT2D eigenvalue weighted by atomic mass is 16.6. The molecule has 18 nitrogen and oxygen atoms in total. The summed E-state index contributed by atoms with van der Waals surface area (Å²) in [6, 6.07) is 17.3. The number of carbonyl (C=O) groups excluding carboxylic acids is 8. The van der Waals surface area contributed by atoms with E-state index in [1.807, 2.05) is 16.1 Å². The van der Waals surface area contributed by atoms with Gasteiger partial charge < -0.3 is 18.9 Å². The summed E-state index contributed by atoms with van der Waals surface area (Å²) >= 11 is 0. The molecule has 2 fully saturated rings. The summed E-state index contributed by atoms with van der Waals surface area (Å²) < 4.78 is 20.3. The molecule has 0 aromatic heterocycles. The molecule has 2 aliphatic heterocycles. The molecule has 0 spiro atoms. The third kappa shape index (κ3) is 9.33. The van der Waals surface area contributed by atoms with Crippen molar-refractivity contribution in [3.63, 3.8) is 0 Å². The molecule has 18 heteroatoms. The standard InChI is InChI=1S/C23H23N3O8.C7H11N3O4/c1-2-19(28)34-23(13-18(27)24-20(23)29)26(22(31)33-15-17-11-7-4-8-12-17)25-21(30)32-14-16-9-5-3-6-10-16;1-2-5(12)14-7(10-8)3-4(11)9-6(7)13/h3-12H,2,13-15H2,1H3,(H,25,30)(H,24,27,29);10H,2-3,8H2,1H3,(H,9,11,13). The van der Waals surface area contributed by atoms with Crippen molar-refractivity contribution in [3.8, 4) is 0 Å². The summed E-state index contributed by atoms with van der Waals surface area (Å²) in [5, 5.41) is 4.34. The highest BCUT2D eigenvalue weighted by Gasteiger charge is 2.58. The van der Waals surface area contributed by atoms with Crippen LogP contribution in [-0.4, -0.2) is 64.2 Å². The van der Waals surface area contributed by atoms with Crippen LogP contribution < -0.4 is 27.3 Å². The van der Waals surface area contributed by atoms with Crippen LogP contribution in [0.5, 0.6) is 0 Å². The fourth-order valence-corrected chi connectivity index (χ4v) is 4.12. The normalized spacial score (nSPS) is 19.6. The largest absolute Gasteiger partial charge is 0.443 e. The first-order valence-electron chi connectivity index (χ1n) is 14.5. The van der Waals surface area contributed by atoms with Crippen LogP contribution in [0.4, 0.5) is 9.59 Å². The molecule has 2 aliphatic rings. The van der Waals surface area contributed by atoms with E-state index in [-0.39, 0.29) is 32.5 Å². The van der Waals surface area contributed by atoms with Crippen molar-refractivity contribution < 1.29 is 57.3 Å². The number of nitrogens with one attached hydrogen (secondary N) is 4. The third-order valence-corrected chi connectivity index (χ3v) is 6.58. The van der Waals surface area contributed by atoms with Crippen LogP contribution in [-0.2, 0) is 60.9 Å². The van der Waals surface area contributed by atoms with E-state index in [1.165, 1.54) is 6.92 Å². The Kier molecular flexibility index (Phi) is 12.7. The smallest absolute Gasteiger partial charge is 0.433 e. The number of benzene rings is 2. The van der Waals surface area contributed by atoms with Gasteiger partial charge in [0, 0.05) is 12.8 Å². The second-order valence-electron chi connectivity index (χ2n) is 10.1. The Morgan fingerprint density at radius 2 is 1.25 bits per heavy atom. The molecule has 2 aromatic rings. The van der Waals surface area contributed by atoms with Crippen LogP contribution in [0.2, 0.25) is 0 Å². The number of nitrogens with two attached hydrogens (primary N) is 1. The molecule has 2 unspecified atom stereocenters. The summed E-state index contributed by atoms with van der Waals surface area (Å²) in [7, 11) is 0. The molecule has 0 saturated carbocycles. The van der Waals surface area contributed by atoms with Gasteiger partial charge in [-0.25, -0.2) is 20.4 Å². The van der Waals surface area contributed by atoms with E-state index in [0.29, 0.717) is 16.1 Å². The molecule has 4 rings (SSSR count). The van der Waals surface area contributed by atoms with Crippen LogP contribution >= 0.6 is 0 Å². The summed E-state index contributed by atoms with van der Waals surface area (Å²) in [5.74, 6) is 0.399. The van der Waals surface area contributed by atoms with Crippen molar-refractivity contribution in [3.05, 3.63) is 71.8 Å². The summed E-state index contributed by atoms with van der Waals surface area (Å²) in [5.41, 5.74) is 1.21. The Morgan fingerprint density at radius 1 is 0.750 bits per heavy atom. The number of hydrazine groups is 2. The van der Waals surface area contributed by atoms with Gasteiger partial charge in [0.25, 0.3) is 23.3 Å². The maximum Gasteiger partial charge on any atom is 0.433 e. The minimum absolute atomic E-state index is 0.102. The molecular weight excluding hydrogens is 636 g/mol.